The van der Waals surface area contributed by atoms with Gasteiger partial charge in [0.1, 0.15) is 6.04 Å². The zero-order chi connectivity index (χ0) is 12.5. The van der Waals surface area contributed by atoms with E-state index in [0.29, 0.717) is 26.3 Å². The van der Waals surface area contributed by atoms with Crippen LogP contribution < -0.4 is 0 Å². The molecule has 18 heavy (non-hydrogen) atoms. The Morgan fingerprint density at radius 3 is 3.00 bits per heavy atom. The van der Waals surface area contributed by atoms with E-state index in [1.165, 1.54) is 0 Å². The summed E-state index contributed by atoms with van der Waals surface area (Å²) in [7, 11) is 2.04. The van der Waals surface area contributed by atoms with Crippen LogP contribution in [0.3, 0.4) is 0 Å². The summed E-state index contributed by atoms with van der Waals surface area (Å²) < 4.78 is 7.16. The maximum Gasteiger partial charge on any atom is 0.248 e. The summed E-state index contributed by atoms with van der Waals surface area (Å²) >= 11 is 0. The molecule has 0 spiro atoms. The van der Waals surface area contributed by atoms with E-state index in [-0.39, 0.29) is 11.9 Å². The van der Waals surface area contributed by atoms with Gasteiger partial charge in [-0.05, 0) is 13.1 Å². The van der Waals surface area contributed by atoms with Crippen molar-refractivity contribution in [3.63, 3.8) is 0 Å². The molecule has 2 aliphatic heterocycles. The molecule has 0 aromatic carbocycles. The standard InChI is InChI=1S/C12H18N4O2/c1-14-8-10-2-3-13-16(10)11(9-14)12(17)15-4-6-18-7-5-15/h2-3,11H,4-9H2,1H3/t11-/m1/s1. The van der Waals surface area contributed by atoms with Gasteiger partial charge in [0.2, 0.25) is 5.91 Å². The van der Waals surface area contributed by atoms with E-state index in [0.717, 1.165) is 18.8 Å². The summed E-state index contributed by atoms with van der Waals surface area (Å²) in [5, 5.41) is 4.30. The summed E-state index contributed by atoms with van der Waals surface area (Å²) in [6.45, 7) is 4.24. The molecular formula is C12H18N4O2. The molecule has 6 nitrogen and oxygen atoms in total. The van der Waals surface area contributed by atoms with Crippen LogP contribution in [0.2, 0.25) is 0 Å². The zero-order valence-corrected chi connectivity index (χ0v) is 10.6. The van der Waals surface area contributed by atoms with E-state index >= 15 is 0 Å². The number of fused-ring (bicyclic) bond motifs is 1. The third-order valence-electron chi connectivity index (χ3n) is 3.57. The second kappa shape index (κ2) is 4.70. The molecule has 1 aromatic heterocycles. The van der Waals surface area contributed by atoms with Gasteiger partial charge in [0.05, 0.1) is 18.9 Å². The van der Waals surface area contributed by atoms with Gasteiger partial charge in [0.15, 0.2) is 0 Å². The molecule has 3 heterocycles. The summed E-state index contributed by atoms with van der Waals surface area (Å²) in [6, 6.07) is 1.79. The molecule has 0 unspecified atom stereocenters. The van der Waals surface area contributed by atoms with Gasteiger partial charge in [-0.1, -0.05) is 0 Å². The highest BCUT2D eigenvalue weighted by molar-refractivity contribution is 5.81. The van der Waals surface area contributed by atoms with Gasteiger partial charge in [-0.3, -0.25) is 14.4 Å². The average Bonchev–Trinajstić information content (AvgIpc) is 2.86. The number of ether oxygens (including phenoxy) is 1. The number of morpholine rings is 1. The summed E-state index contributed by atoms with van der Waals surface area (Å²) in [5.74, 6) is 0.162. The van der Waals surface area contributed by atoms with Gasteiger partial charge >= 0.3 is 0 Å². The molecule has 1 fully saturated rings. The van der Waals surface area contributed by atoms with Gasteiger partial charge in [0, 0.05) is 32.4 Å². The zero-order valence-electron chi connectivity index (χ0n) is 10.6. The number of carbonyl (C=O) groups excluding carboxylic acids is 1. The predicted molar refractivity (Wildman–Crippen MR) is 65.0 cm³/mol. The largest absolute Gasteiger partial charge is 0.378 e. The molecule has 0 saturated carbocycles. The SMILES string of the molecule is CN1Cc2ccnn2[C@@H](C(=O)N2CCOCC2)C1. The number of aromatic nitrogens is 2. The van der Waals surface area contributed by atoms with E-state index in [4.69, 9.17) is 4.74 Å². The highest BCUT2D eigenvalue weighted by atomic mass is 16.5. The van der Waals surface area contributed by atoms with Crippen LogP contribution in [0.5, 0.6) is 0 Å². The molecule has 0 N–H and O–H groups in total. The van der Waals surface area contributed by atoms with Crippen molar-refractivity contribution in [1.29, 1.82) is 0 Å². The Labute approximate surface area is 106 Å². The molecule has 0 aliphatic carbocycles. The third-order valence-corrected chi connectivity index (χ3v) is 3.57. The van der Waals surface area contributed by atoms with Crippen molar-refractivity contribution in [2.24, 2.45) is 0 Å². The monoisotopic (exact) mass is 250 g/mol. The van der Waals surface area contributed by atoms with Gasteiger partial charge in [-0.15, -0.1) is 0 Å². The van der Waals surface area contributed by atoms with E-state index in [2.05, 4.69) is 10.00 Å². The van der Waals surface area contributed by atoms with Crippen molar-refractivity contribution >= 4 is 5.91 Å². The van der Waals surface area contributed by atoms with Crippen molar-refractivity contribution in [3.05, 3.63) is 18.0 Å². The minimum absolute atomic E-state index is 0.162. The van der Waals surface area contributed by atoms with Crippen LogP contribution in [0.25, 0.3) is 0 Å². The summed E-state index contributed by atoms with van der Waals surface area (Å²) in [6.07, 6.45) is 1.77. The summed E-state index contributed by atoms with van der Waals surface area (Å²) in [5.41, 5.74) is 1.11. The molecular weight excluding hydrogens is 232 g/mol. The lowest BCUT2D eigenvalue weighted by Gasteiger charge is -2.35. The molecule has 1 saturated heterocycles. The second-order valence-corrected chi connectivity index (χ2v) is 4.92. The minimum Gasteiger partial charge on any atom is -0.378 e. The smallest absolute Gasteiger partial charge is 0.248 e. The van der Waals surface area contributed by atoms with Crippen LogP contribution in [-0.4, -0.2) is 65.4 Å². The molecule has 1 aromatic rings. The minimum atomic E-state index is -0.188. The van der Waals surface area contributed by atoms with Gasteiger partial charge in [0.25, 0.3) is 0 Å². The number of carbonyl (C=O) groups is 1. The molecule has 3 rings (SSSR count). The number of amides is 1. The Hall–Kier alpha value is -1.40. The van der Waals surface area contributed by atoms with Crippen LogP contribution in [-0.2, 0) is 16.1 Å². The van der Waals surface area contributed by atoms with E-state index in [9.17, 15) is 4.79 Å². The molecule has 98 valence electrons. The Morgan fingerprint density at radius 1 is 1.44 bits per heavy atom. The Balaban J connectivity index is 1.81. The van der Waals surface area contributed by atoms with Crippen molar-refractivity contribution in [2.75, 3.05) is 39.9 Å². The third kappa shape index (κ3) is 2.02. The molecule has 1 atom stereocenters. The second-order valence-electron chi connectivity index (χ2n) is 4.92. The van der Waals surface area contributed by atoms with Crippen LogP contribution in [0.1, 0.15) is 11.7 Å². The first-order chi connectivity index (χ1) is 8.75. The average molecular weight is 250 g/mol. The summed E-state index contributed by atoms with van der Waals surface area (Å²) in [4.78, 5) is 16.6. The van der Waals surface area contributed by atoms with Crippen LogP contribution in [0.4, 0.5) is 0 Å². The van der Waals surface area contributed by atoms with Crippen molar-refractivity contribution in [1.82, 2.24) is 19.6 Å². The predicted octanol–water partition coefficient (Wildman–Crippen LogP) is -0.272. The first-order valence-corrected chi connectivity index (χ1v) is 6.33. The number of hydrogen-bond acceptors (Lipinski definition) is 4. The molecule has 0 bridgehead atoms. The van der Waals surface area contributed by atoms with Crippen molar-refractivity contribution < 1.29 is 9.53 Å². The fourth-order valence-electron chi connectivity index (χ4n) is 2.64. The fraction of sp³-hybridized carbons (Fsp3) is 0.667. The highest BCUT2D eigenvalue weighted by Gasteiger charge is 2.32. The van der Waals surface area contributed by atoms with Gasteiger partial charge in [-0.2, -0.15) is 5.10 Å². The molecule has 2 aliphatic rings. The lowest BCUT2D eigenvalue weighted by Crippen LogP contribution is -2.49. The number of likely N-dealkylation sites (N-methyl/N-ethyl adjacent to an activating group) is 1. The molecule has 1 amide bonds. The number of hydrogen-bond donors (Lipinski definition) is 0. The topological polar surface area (TPSA) is 50.6 Å². The van der Waals surface area contributed by atoms with Crippen molar-refractivity contribution in [2.45, 2.75) is 12.6 Å². The maximum absolute atomic E-state index is 12.5. The highest BCUT2D eigenvalue weighted by Crippen LogP contribution is 2.21. The van der Waals surface area contributed by atoms with Gasteiger partial charge in [-0.25, -0.2) is 0 Å². The lowest BCUT2D eigenvalue weighted by molar-refractivity contribution is -0.140. The Bertz CT molecular complexity index is 439. The van der Waals surface area contributed by atoms with Crippen LogP contribution in [0.15, 0.2) is 12.3 Å². The fourth-order valence-corrected chi connectivity index (χ4v) is 2.64. The first kappa shape index (κ1) is 11.7. The van der Waals surface area contributed by atoms with Gasteiger partial charge < -0.3 is 9.64 Å². The first-order valence-electron chi connectivity index (χ1n) is 6.33. The normalized spacial score (nSPS) is 24.9. The van der Waals surface area contributed by atoms with E-state index < -0.39 is 0 Å². The van der Waals surface area contributed by atoms with E-state index in [1.54, 1.807) is 6.20 Å². The lowest BCUT2D eigenvalue weighted by atomic mass is 10.1. The molecule has 6 heteroatoms. The van der Waals surface area contributed by atoms with Crippen LogP contribution >= 0.6 is 0 Å². The quantitative estimate of drug-likeness (QED) is 0.688. The van der Waals surface area contributed by atoms with E-state index in [1.807, 2.05) is 22.7 Å². The number of nitrogens with zero attached hydrogens (tertiary/aromatic N) is 4. The number of rotatable bonds is 1. The maximum atomic E-state index is 12.5. The Kier molecular flexibility index (Phi) is 3.05. The Morgan fingerprint density at radius 2 is 2.22 bits per heavy atom. The van der Waals surface area contributed by atoms with Crippen molar-refractivity contribution in [3.8, 4) is 0 Å². The molecule has 0 radical (unpaired) electrons. The van der Waals surface area contributed by atoms with Crippen LogP contribution in [0, 0.1) is 0 Å².